The summed E-state index contributed by atoms with van der Waals surface area (Å²) >= 11 is 9.33. The van der Waals surface area contributed by atoms with E-state index in [0.717, 1.165) is 32.8 Å². The second-order valence-electron chi connectivity index (χ2n) is 6.14. The van der Waals surface area contributed by atoms with Crippen LogP contribution in [-0.2, 0) is 17.9 Å². The van der Waals surface area contributed by atoms with E-state index >= 15 is 0 Å². The monoisotopic (exact) mass is 435 g/mol. The number of anilines is 1. The van der Waals surface area contributed by atoms with E-state index in [1.165, 1.54) is 0 Å². The van der Waals surface area contributed by atoms with E-state index in [9.17, 15) is 4.79 Å². The quantitative estimate of drug-likeness (QED) is 0.654. The van der Waals surface area contributed by atoms with Gasteiger partial charge in [0.2, 0.25) is 5.91 Å². The average molecular weight is 437 g/mol. The number of carbonyl (C=O) groups is 1. The van der Waals surface area contributed by atoms with Crippen molar-refractivity contribution in [3.05, 3.63) is 62.6 Å². The highest BCUT2D eigenvalue weighted by Gasteiger charge is 2.15. The van der Waals surface area contributed by atoms with Crippen molar-refractivity contribution in [1.29, 1.82) is 0 Å². The summed E-state index contributed by atoms with van der Waals surface area (Å²) in [7, 11) is 0. The predicted molar refractivity (Wildman–Crippen MR) is 106 cm³/mol. The molecule has 1 aromatic carbocycles. The van der Waals surface area contributed by atoms with Crippen molar-refractivity contribution in [1.82, 2.24) is 19.6 Å². The maximum absolute atomic E-state index is 12.4. The molecule has 0 radical (unpaired) electrons. The zero-order valence-corrected chi connectivity index (χ0v) is 17.1. The van der Waals surface area contributed by atoms with Gasteiger partial charge in [-0.3, -0.25) is 14.2 Å². The van der Waals surface area contributed by atoms with Crippen LogP contribution >= 0.6 is 27.5 Å². The summed E-state index contributed by atoms with van der Waals surface area (Å²) in [6.07, 6.45) is 1.79. The Balaban J connectivity index is 1.72. The van der Waals surface area contributed by atoms with Crippen molar-refractivity contribution in [2.45, 2.75) is 33.9 Å². The van der Waals surface area contributed by atoms with E-state index < -0.39 is 0 Å². The molecule has 2 aromatic heterocycles. The molecule has 0 aliphatic heterocycles. The van der Waals surface area contributed by atoms with Crippen LogP contribution in [0.5, 0.6) is 0 Å². The number of amides is 1. The first-order chi connectivity index (χ1) is 12.3. The molecule has 2 heterocycles. The molecule has 0 atom stereocenters. The molecule has 0 aliphatic carbocycles. The van der Waals surface area contributed by atoms with Gasteiger partial charge < -0.3 is 5.32 Å². The first-order valence-corrected chi connectivity index (χ1v) is 9.28. The number of aryl methyl sites for hydroxylation is 2. The lowest BCUT2D eigenvalue weighted by Crippen LogP contribution is -2.20. The Morgan fingerprint density at radius 2 is 1.85 bits per heavy atom. The Morgan fingerprint density at radius 3 is 2.46 bits per heavy atom. The largest absolute Gasteiger partial charge is 0.321 e. The molecule has 0 bridgehead atoms. The van der Waals surface area contributed by atoms with Crippen LogP contribution in [0.25, 0.3) is 0 Å². The third kappa shape index (κ3) is 4.16. The summed E-state index contributed by atoms with van der Waals surface area (Å²) in [6.45, 7) is 6.47. The van der Waals surface area contributed by atoms with Gasteiger partial charge >= 0.3 is 0 Å². The number of halogens is 2. The molecule has 6 nitrogen and oxygen atoms in total. The Morgan fingerprint density at radius 1 is 1.15 bits per heavy atom. The van der Waals surface area contributed by atoms with Crippen molar-refractivity contribution >= 4 is 39.1 Å². The zero-order valence-electron chi connectivity index (χ0n) is 14.8. The summed E-state index contributed by atoms with van der Waals surface area (Å²) < 4.78 is 4.37. The first kappa shape index (κ1) is 18.7. The van der Waals surface area contributed by atoms with Gasteiger partial charge in [-0.15, -0.1) is 0 Å². The van der Waals surface area contributed by atoms with Crippen LogP contribution in [0, 0.1) is 20.8 Å². The summed E-state index contributed by atoms with van der Waals surface area (Å²) in [5.74, 6) is -0.141. The molecule has 0 spiro atoms. The lowest BCUT2D eigenvalue weighted by molar-refractivity contribution is -0.116. The standard InChI is InChI=1S/C18H19BrClN5O/c1-11-16(19)9-24(22-11)10-17(26)21-18-12(2)23-25(13(18)3)8-14-4-6-15(20)7-5-14/h4-7,9H,8,10H2,1-3H3,(H,21,26). The minimum Gasteiger partial charge on any atom is -0.321 e. The molecule has 1 amide bonds. The number of aromatic nitrogens is 4. The van der Waals surface area contributed by atoms with Crippen molar-refractivity contribution < 1.29 is 4.79 Å². The highest BCUT2D eigenvalue weighted by molar-refractivity contribution is 9.10. The Kier molecular flexibility index (Phi) is 5.48. The molecule has 3 aromatic rings. The van der Waals surface area contributed by atoms with E-state index in [1.54, 1.807) is 10.9 Å². The lowest BCUT2D eigenvalue weighted by Gasteiger charge is -2.08. The van der Waals surface area contributed by atoms with Crippen LogP contribution in [0.4, 0.5) is 5.69 Å². The molecule has 8 heteroatoms. The molecule has 26 heavy (non-hydrogen) atoms. The Bertz CT molecular complexity index is 926. The third-order valence-corrected chi connectivity index (χ3v) is 5.11. The van der Waals surface area contributed by atoms with E-state index in [-0.39, 0.29) is 12.5 Å². The number of rotatable bonds is 5. The minimum atomic E-state index is -0.141. The normalized spacial score (nSPS) is 11.0. The minimum absolute atomic E-state index is 0.141. The number of hydrogen-bond donors (Lipinski definition) is 1. The van der Waals surface area contributed by atoms with Gasteiger partial charge in [-0.05, 0) is 54.4 Å². The molecule has 0 saturated heterocycles. The van der Waals surface area contributed by atoms with Gasteiger partial charge in [0.15, 0.2) is 0 Å². The van der Waals surface area contributed by atoms with Crippen LogP contribution in [0.3, 0.4) is 0 Å². The van der Waals surface area contributed by atoms with Gasteiger partial charge in [0, 0.05) is 11.2 Å². The second-order valence-corrected chi connectivity index (χ2v) is 7.43. The average Bonchev–Trinajstić information content (AvgIpc) is 3.03. The van der Waals surface area contributed by atoms with Gasteiger partial charge in [0.25, 0.3) is 0 Å². The van der Waals surface area contributed by atoms with Crippen LogP contribution in [0.1, 0.15) is 22.6 Å². The number of hydrogen-bond acceptors (Lipinski definition) is 3. The van der Waals surface area contributed by atoms with Crippen LogP contribution < -0.4 is 5.32 Å². The zero-order chi connectivity index (χ0) is 18.8. The summed E-state index contributed by atoms with van der Waals surface area (Å²) in [5, 5.41) is 12.5. The van der Waals surface area contributed by atoms with Gasteiger partial charge in [-0.2, -0.15) is 10.2 Å². The molecule has 136 valence electrons. The maximum atomic E-state index is 12.4. The topological polar surface area (TPSA) is 64.7 Å². The first-order valence-electron chi connectivity index (χ1n) is 8.11. The van der Waals surface area contributed by atoms with Crippen LogP contribution in [-0.4, -0.2) is 25.5 Å². The van der Waals surface area contributed by atoms with E-state index in [4.69, 9.17) is 11.6 Å². The van der Waals surface area contributed by atoms with Gasteiger partial charge in [-0.1, -0.05) is 23.7 Å². The highest BCUT2D eigenvalue weighted by atomic mass is 79.9. The molecule has 0 saturated carbocycles. The summed E-state index contributed by atoms with van der Waals surface area (Å²) in [4.78, 5) is 12.4. The lowest BCUT2D eigenvalue weighted by atomic mass is 10.2. The number of carbonyl (C=O) groups excluding carboxylic acids is 1. The maximum Gasteiger partial charge on any atom is 0.246 e. The van der Waals surface area contributed by atoms with Gasteiger partial charge in [0.05, 0.1) is 33.8 Å². The highest BCUT2D eigenvalue weighted by Crippen LogP contribution is 2.21. The fourth-order valence-corrected chi connectivity index (χ4v) is 3.14. The molecule has 0 fully saturated rings. The molecule has 0 aliphatic rings. The molecular formula is C18H19BrClN5O. The van der Waals surface area contributed by atoms with Crippen molar-refractivity contribution in [3.8, 4) is 0 Å². The van der Waals surface area contributed by atoms with Crippen LogP contribution in [0.2, 0.25) is 5.02 Å². The van der Waals surface area contributed by atoms with Crippen LogP contribution in [0.15, 0.2) is 34.9 Å². The SMILES string of the molecule is Cc1nn(CC(=O)Nc2c(C)nn(Cc3ccc(Cl)cc3)c2C)cc1Br. The number of nitrogens with zero attached hydrogens (tertiary/aromatic N) is 4. The van der Waals surface area contributed by atoms with Gasteiger partial charge in [0.1, 0.15) is 6.54 Å². The van der Waals surface area contributed by atoms with E-state index in [0.29, 0.717) is 11.6 Å². The third-order valence-electron chi connectivity index (χ3n) is 4.08. The molecule has 1 N–H and O–H groups in total. The number of benzene rings is 1. The molecule has 3 rings (SSSR count). The number of nitrogens with one attached hydrogen (secondary N) is 1. The Hall–Kier alpha value is -2.12. The Labute approximate surface area is 165 Å². The second kappa shape index (κ2) is 7.63. The van der Waals surface area contributed by atoms with E-state index in [2.05, 4.69) is 31.4 Å². The smallest absolute Gasteiger partial charge is 0.246 e. The van der Waals surface area contributed by atoms with Crippen molar-refractivity contribution in [2.75, 3.05) is 5.32 Å². The summed E-state index contributed by atoms with van der Waals surface area (Å²) in [5.41, 5.74) is 4.37. The molecule has 0 unspecified atom stereocenters. The van der Waals surface area contributed by atoms with E-state index in [1.807, 2.05) is 49.7 Å². The summed E-state index contributed by atoms with van der Waals surface area (Å²) in [6, 6.07) is 7.65. The van der Waals surface area contributed by atoms with Crippen molar-refractivity contribution in [2.24, 2.45) is 0 Å². The van der Waals surface area contributed by atoms with Crippen molar-refractivity contribution in [3.63, 3.8) is 0 Å². The fourth-order valence-electron chi connectivity index (χ4n) is 2.70. The van der Waals surface area contributed by atoms with Gasteiger partial charge in [-0.25, -0.2) is 0 Å². The fraction of sp³-hybridized carbons (Fsp3) is 0.278. The molecular weight excluding hydrogens is 418 g/mol. The predicted octanol–water partition coefficient (Wildman–Crippen LogP) is 4.11.